The molecule has 2 fully saturated rings. The number of benzene rings is 1. The molecule has 0 radical (unpaired) electrons. The molecule has 5 heteroatoms. The van der Waals surface area contributed by atoms with Crippen LogP contribution in [-0.4, -0.2) is 42.2 Å². The predicted molar refractivity (Wildman–Crippen MR) is 88.3 cm³/mol. The van der Waals surface area contributed by atoms with Gasteiger partial charge in [-0.3, -0.25) is 14.6 Å². The zero-order chi connectivity index (χ0) is 16.0. The van der Waals surface area contributed by atoms with Crippen molar-refractivity contribution >= 4 is 23.3 Å². The van der Waals surface area contributed by atoms with Crippen LogP contribution in [0.3, 0.4) is 0 Å². The van der Waals surface area contributed by atoms with Crippen molar-refractivity contribution in [3.8, 4) is 0 Å². The Morgan fingerprint density at radius 1 is 1.09 bits per heavy atom. The van der Waals surface area contributed by atoms with Gasteiger partial charge in [-0.2, -0.15) is 0 Å². The number of amides is 2. The van der Waals surface area contributed by atoms with E-state index in [9.17, 15) is 9.59 Å². The fourth-order valence-corrected chi connectivity index (χ4v) is 4.09. The number of hydrogen-bond acceptors (Lipinski definition) is 4. The van der Waals surface area contributed by atoms with Crippen LogP contribution in [0.25, 0.3) is 0 Å². The Morgan fingerprint density at radius 2 is 1.78 bits per heavy atom. The van der Waals surface area contributed by atoms with Crippen molar-refractivity contribution in [3.05, 3.63) is 30.3 Å². The minimum Gasteiger partial charge on any atom is -0.359 e. The van der Waals surface area contributed by atoms with E-state index >= 15 is 0 Å². The number of aliphatic imine (C=N–C) groups is 1. The highest BCUT2D eigenvalue weighted by Crippen LogP contribution is 2.46. The van der Waals surface area contributed by atoms with Crippen LogP contribution in [0.5, 0.6) is 0 Å². The molecule has 4 rings (SSSR count). The topological polar surface area (TPSA) is 53.0 Å². The number of para-hydroxylation sites is 1. The third-order valence-corrected chi connectivity index (χ3v) is 5.42. The van der Waals surface area contributed by atoms with Crippen molar-refractivity contribution < 1.29 is 9.59 Å². The zero-order valence-corrected chi connectivity index (χ0v) is 13.4. The number of anilines is 1. The molecule has 0 aliphatic carbocycles. The Kier molecular flexibility index (Phi) is 3.25. The fourth-order valence-electron chi connectivity index (χ4n) is 4.09. The Morgan fingerprint density at radius 3 is 2.48 bits per heavy atom. The second kappa shape index (κ2) is 5.18. The molecule has 23 heavy (non-hydrogen) atoms. The van der Waals surface area contributed by atoms with Crippen molar-refractivity contribution in [1.82, 2.24) is 4.90 Å². The lowest BCUT2D eigenvalue weighted by molar-refractivity contribution is -0.123. The standard InChI is InChI=1S/C18H21N3O2/c1-18-14(12-19-16(18)20-10-6-3-7-11-20)15(22)21(17(18)23)13-8-4-2-5-9-13/h2,4-5,8-9,14H,3,6-7,10-12H2,1H3. The largest absolute Gasteiger partial charge is 0.359 e. The van der Waals surface area contributed by atoms with E-state index in [0.29, 0.717) is 12.2 Å². The number of amidine groups is 1. The molecule has 2 unspecified atom stereocenters. The Hall–Kier alpha value is -2.17. The first-order valence-corrected chi connectivity index (χ1v) is 8.37. The smallest absolute Gasteiger partial charge is 0.248 e. The van der Waals surface area contributed by atoms with E-state index in [2.05, 4.69) is 9.89 Å². The minimum atomic E-state index is -0.801. The lowest BCUT2D eigenvalue weighted by atomic mass is 9.79. The van der Waals surface area contributed by atoms with Crippen molar-refractivity contribution in [3.63, 3.8) is 0 Å². The van der Waals surface area contributed by atoms with E-state index in [-0.39, 0.29) is 17.7 Å². The van der Waals surface area contributed by atoms with Gasteiger partial charge in [0, 0.05) is 13.1 Å². The van der Waals surface area contributed by atoms with E-state index in [1.165, 1.54) is 11.3 Å². The van der Waals surface area contributed by atoms with Crippen molar-refractivity contribution in [1.29, 1.82) is 0 Å². The molecule has 3 heterocycles. The molecule has 2 saturated heterocycles. The third kappa shape index (κ3) is 1.95. The summed E-state index contributed by atoms with van der Waals surface area (Å²) < 4.78 is 0. The van der Waals surface area contributed by atoms with Gasteiger partial charge in [-0.25, -0.2) is 4.90 Å². The molecule has 0 aromatic heterocycles. The lowest BCUT2D eigenvalue weighted by Gasteiger charge is -2.35. The minimum absolute atomic E-state index is 0.112. The van der Waals surface area contributed by atoms with Gasteiger partial charge in [-0.1, -0.05) is 18.2 Å². The van der Waals surface area contributed by atoms with Crippen molar-refractivity contribution in [2.24, 2.45) is 16.3 Å². The van der Waals surface area contributed by atoms with Gasteiger partial charge in [-0.15, -0.1) is 0 Å². The quantitative estimate of drug-likeness (QED) is 0.746. The highest BCUT2D eigenvalue weighted by Gasteiger charge is 2.63. The van der Waals surface area contributed by atoms with Crippen LogP contribution in [-0.2, 0) is 9.59 Å². The first-order valence-electron chi connectivity index (χ1n) is 8.37. The van der Waals surface area contributed by atoms with E-state index in [1.54, 1.807) is 0 Å². The summed E-state index contributed by atoms with van der Waals surface area (Å²) in [4.78, 5) is 34.2. The predicted octanol–water partition coefficient (Wildman–Crippen LogP) is 2.08. The highest BCUT2D eigenvalue weighted by molar-refractivity contribution is 6.31. The Balaban J connectivity index is 1.70. The molecule has 0 bridgehead atoms. The van der Waals surface area contributed by atoms with Crippen molar-refractivity contribution in [2.45, 2.75) is 26.2 Å². The van der Waals surface area contributed by atoms with Crippen LogP contribution in [0.15, 0.2) is 35.3 Å². The third-order valence-electron chi connectivity index (χ3n) is 5.42. The van der Waals surface area contributed by atoms with E-state index < -0.39 is 5.41 Å². The number of rotatable bonds is 1. The van der Waals surface area contributed by atoms with E-state index in [4.69, 9.17) is 0 Å². The number of fused-ring (bicyclic) bond motifs is 1. The van der Waals surface area contributed by atoms with Crippen LogP contribution in [0.4, 0.5) is 5.69 Å². The molecule has 3 aliphatic heterocycles. The molecule has 2 amide bonds. The number of piperidine rings is 1. The highest BCUT2D eigenvalue weighted by atomic mass is 16.2. The molecule has 0 saturated carbocycles. The lowest BCUT2D eigenvalue weighted by Crippen LogP contribution is -2.48. The van der Waals surface area contributed by atoms with Crippen LogP contribution in [0, 0.1) is 11.3 Å². The summed E-state index contributed by atoms with van der Waals surface area (Å²) in [6.45, 7) is 4.21. The average molecular weight is 311 g/mol. The molecular formula is C18H21N3O2. The molecule has 5 nitrogen and oxygen atoms in total. The van der Waals surface area contributed by atoms with Crippen LogP contribution in [0.1, 0.15) is 26.2 Å². The first-order chi connectivity index (χ1) is 11.1. The zero-order valence-electron chi connectivity index (χ0n) is 13.4. The average Bonchev–Trinajstić information content (AvgIpc) is 3.03. The maximum atomic E-state index is 13.2. The molecule has 1 aromatic carbocycles. The summed E-state index contributed by atoms with van der Waals surface area (Å²) in [5, 5.41) is 0. The van der Waals surface area contributed by atoms with Crippen molar-refractivity contribution in [2.75, 3.05) is 24.5 Å². The van der Waals surface area contributed by atoms with Gasteiger partial charge in [0.25, 0.3) is 0 Å². The molecule has 120 valence electrons. The molecule has 2 atom stereocenters. The number of imide groups is 1. The number of carbonyl (C=O) groups is 2. The number of nitrogens with zero attached hydrogens (tertiary/aromatic N) is 3. The Bertz CT molecular complexity index is 679. The maximum Gasteiger partial charge on any atom is 0.248 e. The normalized spacial score (nSPS) is 30.7. The second-order valence-corrected chi connectivity index (χ2v) is 6.78. The molecule has 1 aromatic rings. The van der Waals surface area contributed by atoms with Crippen LogP contribution in [0.2, 0.25) is 0 Å². The van der Waals surface area contributed by atoms with E-state index in [0.717, 1.165) is 31.8 Å². The molecule has 0 spiro atoms. The van der Waals surface area contributed by atoms with Crippen LogP contribution < -0.4 is 4.90 Å². The molecule has 3 aliphatic rings. The molecule has 0 N–H and O–H groups in total. The van der Waals surface area contributed by atoms with Gasteiger partial charge in [-0.05, 0) is 38.3 Å². The molecular weight excluding hydrogens is 290 g/mol. The summed E-state index contributed by atoms with van der Waals surface area (Å²) in [5.41, 5.74) is -0.138. The van der Waals surface area contributed by atoms with Gasteiger partial charge in [0.1, 0.15) is 11.3 Å². The summed E-state index contributed by atoms with van der Waals surface area (Å²) in [6.07, 6.45) is 3.49. The maximum absolute atomic E-state index is 13.2. The van der Waals surface area contributed by atoms with Gasteiger partial charge >= 0.3 is 0 Å². The summed E-state index contributed by atoms with van der Waals surface area (Å²) >= 11 is 0. The van der Waals surface area contributed by atoms with Crippen LogP contribution >= 0.6 is 0 Å². The van der Waals surface area contributed by atoms with Gasteiger partial charge in [0.15, 0.2) is 0 Å². The fraction of sp³-hybridized carbons (Fsp3) is 0.500. The monoisotopic (exact) mass is 311 g/mol. The van der Waals surface area contributed by atoms with Gasteiger partial charge in [0.2, 0.25) is 11.8 Å². The summed E-state index contributed by atoms with van der Waals surface area (Å²) in [6, 6.07) is 9.23. The number of likely N-dealkylation sites (tertiary alicyclic amines) is 1. The Labute approximate surface area is 136 Å². The van der Waals surface area contributed by atoms with E-state index in [1.807, 2.05) is 37.3 Å². The number of carbonyl (C=O) groups excluding carboxylic acids is 2. The second-order valence-electron chi connectivity index (χ2n) is 6.78. The SMILES string of the molecule is CC12C(=O)N(c3ccccc3)C(=O)C1CN=C2N1CCCCC1. The first kappa shape index (κ1) is 14.4. The summed E-state index contributed by atoms with van der Waals surface area (Å²) in [7, 11) is 0. The number of hydrogen-bond donors (Lipinski definition) is 0. The summed E-state index contributed by atoms with van der Waals surface area (Å²) in [5.74, 6) is 0.242. The van der Waals surface area contributed by atoms with Gasteiger partial charge in [0.05, 0.1) is 18.2 Å². The van der Waals surface area contributed by atoms with Gasteiger partial charge < -0.3 is 4.90 Å².